The molecule has 0 aliphatic rings. The Balaban J connectivity index is 1.72. The normalized spacial score (nSPS) is 10.4. The number of unbranched alkanes of at least 4 members (excludes halogenated alkanes) is 1. The predicted molar refractivity (Wildman–Crippen MR) is 113 cm³/mol. The van der Waals surface area contributed by atoms with Crippen LogP contribution in [0.5, 0.6) is 5.75 Å². The van der Waals surface area contributed by atoms with E-state index in [1.54, 1.807) is 0 Å². The van der Waals surface area contributed by atoms with E-state index in [1.807, 2.05) is 24.3 Å². The summed E-state index contributed by atoms with van der Waals surface area (Å²) in [6.45, 7) is 2.44. The molecule has 2 aromatic carbocycles. The third kappa shape index (κ3) is 7.97. The summed E-state index contributed by atoms with van der Waals surface area (Å²) < 4.78 is 5.57. The highest BCUT2D eigenvalue weighted by Gasteiger charge is 2.09. The lowest BCUT2D eigenvalue weighted by molar-refractivity contribution is -0.384. The molecule has 0 aliphatic carbocycles. The van der Waals surface area contributed by atoms with Crippen LogP contribution in [0, 0.1) is 10.1 Å². The van der Waals surface area contributed by atoms with Gasteiger partial charge < -0.3 is 15.4 Å². The summed E-state index contributed by atoms with van der Waals surface area (Å²) in [5.74, 6) is 0.239. The van der Waals surface area contributed by atoms with Crippen LogP contribution in [0.15, 0.2) is 53.6 Å². The minimum absolute atomic E-state index is 0.152. The van der Waals surface area contributed by atoms with Crippen LogP contribution in [0.4, 0.5) is 16.2 Å². The number of hydrazone groups is 1. The molecule has 0 spiro atoms. The number of hydrogen-bond acceptors (Lipinski definition) is 6. The fourth-order valence-electron chi connectivity index (χ4n) is 2.24. The average Bonchev–Trinajstić information content (AvgIpc) is 2.74. The van der Waals surface area contributed by atoms with Crippen molar-refractivity contribution in [3.8, 4) is 5.75 Å². The highest BCUT2D eigenvalue weighted by molar-refractivity contribution is 5.92. The van der Waals surface area contributed by atoms with Crippen molar-refractivity contribution in [1.82, 2.24) is 10.7 Å². The zero-order chi connectivity index (χ0) is 21.8. The highest BCUT2D eigenvalue weighted by Crippen LogP contribution is 2.16. The van der Waals surface area contributed by atoms with Gasteiger partial charge in [0.2, 0.25) is 0 Å². The molecule has 0 bridgehead atoms. The molecular formula is C20H23N5O5. The summed E-state index contributed by atoms with van der Waals surface area (Å²) in [5, 5.41) is 19.3. The molecule has 0 aromatic heterocycles. The van der Waals surface area contributed by atoms with Gasteiger partial charge in [-0.2, -0.15) is 5.10 Å². The minimum atomic E-state index is -0.673. The molecule has 0 heterocycles. The van der Waals surface area contributed by atoms with E-state index in [1.165, 1.54) is 30.5 Å². The first kappa shape index (κ1) is 22.3. The Hall–Kier alpha value is -3.95. The fraction of sp³-hybridized carbons (Fsp3) is 0.250. The van der Waals surface area contributed by atoms with Crippen molar-refractivity contribution in [2.24, 2.45) is 5.10 Å². The summed E-state index contributed by atoms with van der Waals surface area (Å²) in [5.41, 5.74) is 3.16. The molecule has 0 aliphatic heterocycles. The summed E-state index contributed by atoms with van der Waals surface area (Å²) in [7, 11) is 0. The van der Waals surface area contributed by atoms with E-state index in [2.05, 4.69) is 28.1 Å². The molecule has 0 radical (unpaired) electrons. The predicted octanol–water partition coefficient (Wildman–Crippen LogP) is 3.05. The van der Waals surface area contributed by atoms with Crippen LogP contribution in [0.3, 0.4) is 0 Å². The summed E-state index contributed by atoms with van der Waals surface area (Å²) in [4.78, 5) is 33.7. The van der Waals surface area contributed by atoms with E-state index < -0.39 is 16.9 Å². The first-order valence-electron chi connectivity index (χ1n) is 9.32. The number of nitro groups is 1. The first-order chi connectivity index (χ1) is 14.5. The van der Waals surface area contributed by atoms with Crippen LogP contribution in [0.2, 0.25) is 0 Å². The Bertz CT molecular complexity index is 899. The molecule has 0 saturated carbocycles. The number of urea groups is 1. The summed E-state index contributed by atoms with van der Waals surface area (Å²) >= 11 is 0. The van der Waals surface area contributed by atoms with Gasteiger partial charge >= 0.3 is 6.03 Å². The number of benzene rings is 2. The number of nitro benzene ring substituents is 1. The van der Waals surface area contributed by atoms with Gasteiger partial charge in [-0.15, -0.1) is 0 Å². The number of amides is 3. The van der Waals surface area contributed by atoms with Crippen molar-refractivity contribution in [1.29, 1.82) is 0 Å². The van der Waals surface area contributed by atoms with Crippen molar-refractivity contribution >= 4 is 29.5 Å². The van der Waals surface area contributed by atoms with Crippen LogP contribution in [-0.2, 0) is 4.79 Å². The standard InChI is InChI=1S/C20H23N5O5/c1-2-3-11-30-18-9-7-15(8-10-18)13-22-24-19(26)14-21-20(27)23-16-5-4-6-17(12-16)25(28)29/h4-10,12-13H,2-3,11,14H2,1H3,(H,24,26)(H2,21,23,27). The third-order valence-electron chi connectivity index (χ3n) is 3.77. The molecular weight excluding hydrogens is 390 g/mol. The largest absolute Gasteiger partial charge is 0.494 e. The van der Waals surface area contributed by atoms with Gasteiger partial charge in [-0.1, -0.05) is 19.4 Å². The lowest BCUT2D eigenvalue weighted by Gasteiger charge is -2.07. The van der Waals surface area contributed by atoms with Gasteiger partial charge in [0.1, 0.15) is 12.3 Å². The van der Waals surface area contributed by atoms with Crippen LogP contribution in [-0.4, -0.2) is 36.2 Å². The van der Waals surface area contributed by atoms with E-state index in [0.29, 0.717) is 6.61 Å². The number of carbonyl (C=O) groups excluding carboxylic acids is 2. The van der Waals surface area contributed by atoms with Crippen molar-refractivity contribution in [3.05, 3.63) is 64.2 Å². The number of non-ortho nitro benzene ring substituents is 1. The van der Waals surface area contributed by atoms with Gasteiger partial charge in [0, 0.05) is 17.8 Å². The number of nitrogens with zero attached hydrogens (tertiary/aromatic N) is 2. The Morgan fingerprint density at radius 1 is 1.20 bits per heavy atom. The highest BCUT2D eigenvalue weighted by atomic mass is 16.6. The van der Waals surface area contributed by atoms with Crippen LogP contribution in [0.1, 0.15) is 25.3 Å². The Kier molecular flexibility index (Phi) is 8.78. The molecule has 0 fully saturated rings. The van der Waals surface area contributed by atoms with Gasteiger partial charge in [-0.05, 0) is 42.3 Å². The van der Waals surface area contributed by atoms with Crippen molar-refractivity contribution < 1.29 is 19.2 Å². The van der Waals surface area contributed by atoms with Gasteiger partial charge in [-0.25, -0.2) is 10.2 Å². The maximum Gasteiger partial charge on any atom is 0.319 e. The summed E-state index contributed by atoms with van der Waals surface area (Å²) in [6.07, 6.45) is 3.53. The van der Waals surface area contributed by atoms with Gasteiger partial charge in [0.05, 0.1) is 17.7 Å². The van der Waals surface area contributed by atoms with E-state index in [9.17, 15) is 19.7 Å². The lowest BCUT2D eigenvalue weighted by atomic mass is 10.2. The average molecular weight is 413 g/mol. The SMILES string of the molecule is CCCCOc1ccc(C=NNC(=O)CNC(=O)Nc2cccc([N+](=O)[O-])c2)cc1. The topological polar surface area (TPSA) is 135 Å². The molecule has 3 N–H and O–H groups in total. The number of ether oxygens (including phenoxy) is 1. The smallest absolute Gasteiger partial charge is 0.319 e. The quantitative estimate of drug-likeness (QED) is 0.238. The zero-order valence-corrected chi connectivity index (χ0v) is 16.5. The van der Waals surface area contributed by atoms with Gasteiger partial charge in [0.25, 0.3) is 11.6 Å². The molecule has 3 amide bonds. The van der Waals surface area contributed by atoms with Crippen LogP contribution < -0.4 is 20.8 Å². The van der Waals surface area contributed by atoms with Gasteiger partial charge in [0.15, 0.2) is 0 Å². The molecule has 0 saturated heterocycles. The Labute approximate surface area is 173 Å². The molecule has 30 heavy (non-hydrogen) atoms. The number of anilines is 1. The van der Waals surface area contributed by atoms with Crippen molar-refractivity contribution in [2.45, 2.75) is 19.8 Å². The molecule has 158 valence electrons. The molecule has 2 aromatic rings. The lowest BCUT2D eigenvalue weighted by Crippen LogP contribution is -2.37. The van der Waals surface area contributed by atoms with Crippen molar-refractivity contribution in [2.75, 3.05) is 18.5 Å². The van der Waals surface area contributed by atoms with Crippen LogP contribution >= 0.6 is 0 Å². The molecule has 0 unspecified atom stereocenters. The van der Waals surface area contributed by atoms with Crippen molar-refractivity contribution in [3.63, 3.8) is 0 Å². The first-order valence-corrected chi connectivity index (χ1v) is 9.32. The monoisotopic (exact) mass is 413 g/mol. The molecule has 2 rings (SSSR count). The van der Waals surface area contributed by atoms with E-state index in [-0.39, 0.29) is 17.9 Å². The third-order valence-corrected chi connectivity index (χ3v) is 3.77. The second-order valence-electron chi connectivity index (χ2n) is 6.18. The van der Waals surface area contributed by atoms with E-state index in [4.69, 9.17) is 4.74 Å². The molecule has 10 heteroatoms. The summed E-state index contributed by atoms with van der Waals surface area (Å²) in [6, 6.07) is 12.0. The van der Waals surface area contributed by atoms with E-state index >= 15 is 0 Å². The van der Waals surface area contributed by atoms with Crippen LogP contribution in [0.25, 0.3) is 0 Å². The Morgan fingerprint density at radius 3 is 2.67 bits per heavy atom. The molecule has 10 nitrogen and oxygen atoms in total. The Morgan fingerprint density at radius 2 is 1.97 bits per heavy atom. The number of carbonyl (C=O) groups is 2. The number of nitrogens with one attached hydrogen (secondary N) is 3. The van der Waals surface area contributed by atoms with E-state index in [0.717, 1.165) is 24.2 Å². The number of hydrogen-bond donors (Lipinski definition) is 3. The fourth-order valence-corrected chi connectivity index (χ4v) is 2.24. The second kappa shape index (κ2) is 11.8. The van der Waals surface area contributed by atoms with Gasteiger partial charge in [-0.3, -0.25) is 14.9 Å². The molecule has 0 atom stereocenters. The second-order valence-corrected chi connectivity index (χ2v) is 6.18. The minimum Gasteiger partial charge on any atom is -0.494 e. The maximum absolute atomic E-state index is 11.8. The maximum atomic E-state index is 11.8. The zero-order valence-electron chi connectivity index (χ0n) is 16.5. The number of rotatable bonds is 10.